The first-order chi connectivity index (χ1) is 19.5. The fourth-order valence-electron chi connectivity index (χ4n) is 7.18. The van der Waals surface area contributed by atoms with Crippen molar-refractivity contribution in [3.63, 3.8) is 0 Å². The minimum Gasteiger partial charge on any atom is -0.497 e. The number of hydrogen-bond acceptors (Lipinski definition) is 8. The SMILES string of the molecule is COC(=O)[C@H]1[C@H]2C[C@@H]3c4[nH]c5cc(OC)ccc5c4CCN3C[C@H]2C[C@@H](OC(=O)C=Cc2ccncc2)[C@@H]1OC. The van der Waals surface area contributed by atoms with Crippen LogP contribution in [0.4, 0.5) is 0 Å². The largest absolute Gasteiger partial charge is 0.497 e. The summed E-state index contributed by atoms with van der Waals surface area (Å²) in [6.07, 6.45) is 7.68. The molecule has 2 aromatic heterocycles. The number of aromatic amines is 1. The number of carbonyl (C=O) groups excluding carboxylic acids is 2. The summed E-state index contributed by atoms with van der Waals surface area (Å²) in [4.78, 5) is 36.3. The summed E-state index contributed by atoms with van der Waals surface area (Å²) in [6.45, 7) is 1.76. The minimum atomic E-state index is -0.589. The van der Waals surface area contributed by atoms with Gasteiger partial charge in [0.2, 0.25) is 0 Å². The quantitative estimate of drug-likeness (QED) is 0.367. The van der Waals surface area contributed by atoms with Crippen LogP contribution in [0.2, 0.25) is 0 Å². The number of carbonyl (C=O) groups is 2. The van der Waals surface area contributed by atoms with Crippen molar-refractivity contribution in [2.45, 2.75) is 37.5 Å². The number of pyridine rings is 1. The van der Waals surface area contributed by atoms with Crippen molar-refractivity contribution in [2.75, 3.05) is 34.4 Å². The second-order valence-corrected chi connectivity index (χ2v) is 10.9. The Kier molecular flexibility index (Phi) is 7.33. The molecule has 40 heavy (non-hydrogen) atoms. The van der Waals surface area contributed by atoms with E-state index in [0.717, 1.165) is 42.8 Å². The minimum absolute atomic E-state index is 0.0351. The number of nitrogens with one attached hydrogen (secondary N) is 1. The molecule has 6 atom stereocenters. The molecule has 1 aliphatic carbocycles. The maximum Gasteiger partial charge on any atom is 0.331 e. The Morgan fingerprint density at radius 1 is 1.10 bits per heavy atom. The summed E-state index contributed by atoms with van der Waals surface area (Å²) >= 11 is 0. The number of aromatic nitrogens is 2. The van der Waals surface area contributed by atoms with Crippen LogP contribution >= 0.6 is 0 Å². The highest BCUT2D eigenvalue weighted by Gasteiger charge is 2.54. The van der Waals surface area contributed by atoms with Gasteiger partial charge in [-0.25, -0.2) is 4.79 Å². The van der Waals surface area contributed by atoms with E-state index in [1.165, 1.54) is 29.8 Å². The molecule has 9 nitrogen and oxygen atoms in total. The van der Waals surface area contributed by atoms with E-state index in [0.29, 0.717) is 6.42 Å². The third kappa shape index (κ3) is 4.77. The number of fused-ring (bicyclic) bond motifs is 6. The lowest BCUT2D eigenvalue weighted by molar-refractivity contribution is -0.187. The predicted molar refractivity (Wildman–Crippen MR) is 149 cm³/mol. The third-order valence-electron chi connectivity index (χ3n) is 8.99. The molecule has 0 amide bonds. The van der Waals surface area contributed by atoms with Gasteiger partial charge in [-0.15, -0.1) is 0 Å². The zero-order valence-electron chi connectivity index (χ0n) is 23.0. The smallest absolute Gasteiger partial charge is 0.331 e. The van der Waals surface area contributed by atoms with Crippen LogP contribution in [0.1, 0.15) is 35.7 Å². The molecule has 3 aromatic rings. The second-order valence-electron chi connectivity index (χ2n) is 10.9. The molecule has 1 saturated heterocycles. The number of nitrogens with zero attached hydrogens (tertiary/aromatic N) is 2. The maximum absolute atomic E-state index is 13.3. The molecule has 2 fully saturated rings. The zero-order chi connectivity index (χ0) is 27.8. The molecule has 0 radical (unpaired) electrons. The van der Waals surface area contributed by atoms with Crippen LogP contribution in [0.25, 0.3) is 17.0 Å². The molecular weight excluding hydrogens is 510 g/mol. The number of methoxy groups -OCH3 is 3. The van der Waals surface area contributed by atoms with E-state index in [1.54, 1.807) is 32.7 Å². The Hall–Kier alpha value is -3.69. The van der Waals surface area contributed by atoms with Crippen molar-refractivity contribution in [3.05, 3.63) is 65.6 Å². The molecule has 0 unspecified atom stereocenters. The number of benzene rings is 1. The Bertz CT molecular complexity index is 1420. The van der Waals surface area contributed by atoms with Crippen LogP contribution in [0.3, 0.4) is 0 Å². The molecule has 6 rings (SSSR count). The predicted octanol–water partition coefficient (Wildman–Crippen LogP) is 3.94. The van der Waals surface area contributed by atoms with E-state index in [-0.39, 0.29) is 23.8 Å². The fraction of sp³-hybridized carbons (Fsp3) is 0.452. The van der Waals surface area contributed by atoms with Gasteiger partial charge in [0.25, 0.3) is 0 Å². The molecule has 0 bridgehead atoms. The van der Waals surface area contributed by atoms with Gasteiger partial charge in [0, 0.05) is 61.3 Å². The molecule has 1 saturated carbocycles. The van der Waals surface area contributed by atoms with Gasteiger partial charge in [-0.2, -0.15) is 0 Å². The van der Waals surface area contributed by atoms with Crippen LogP contribution in [-0.2, 0) is 30.2 Å². The van der Waals surface area contributed by atoms with Gasteiger partial charge in [0.05, 0.1) is 26.2 Å². The molecule has 9 heteroatoms. The molecule has 4 heterocycles. The van der Waals surface area contributed by atoms with Crippen LogP contribution in [0.5, 0.6) is 5.75 Å². The summed E-state index contributed by atoms with van der Waals surface area (Å²) in [6, 6.07) is 9.97. The highest BCUT2D eigenvalue weighted by atomic mass is 16.6. The Labute approximate surface area is 233 Å². The number of piperidine rings is 1. The van der Waals surface area contributed by atoms with Gasteiger partial charge in [0.15, 0.2) is 0 Å². The molecule has 210 valence electrons. The summed E-state index contributed by atoms with van der Waals surface area (Å²) < 4.78 is 22.6. The second kappa shape index (κ2) is 11.1. The first-order valence-electron chi connectivity index (χ1n) is 13.8. The van der Waals surface area contributed by atoms with Crippen molar-refractivity contribution < 1.29 is 28.5 Å². The van der Waals surface area contributed by atoms with E-state index in [1.807, 2.05) is 24.3 Å². The maximum atomic E-state index is 13.3. The lowest BCUT2D eigenvalue weighted by Gasteiger charge is -2.52. The van der Waals surface area contributed by atoms with Gasteiger partial charge in [-0.3, -0.25) is 14.7 Å². The number of rotatable bonds is 6. The van der Waals surface area contributed by atoms with Crippen molar-refractivity contribution in [1.29, 1.82) is 0 Å². The average Bonchev–Trinajstić information content (AvgIpc) is 3.36. The normalized spacial score (nSPS) is 28.0. The highest BCUT2D eigenvalue weighted by Crippen LogP contribution is 2.50. The molecule has 3 aliphatic rings. The Morgan fingerprint density at radius 2 is 1.93 bits per heavy atom. The first kappa shape index (κ1) is 26.5. The van der Waals surface area contributed by atoms with Crippen LogP contribution in [0.15, 0.2) is 48.8 Å². The molecule has 1 aromatic carbocycles. The molecule has 2 aliphatic heterocycles. The van der Waals surface area contributed by atoms with Crippen molar-refractivity contribution >= 4 is 28.9 Å². The highest BCUT2D eigenvalue weighted by molar-refractivity contribution is 5.87. The fourth-order valence-corrected chi connectivity index (χ4v) is 7.18. The van der Waals surface area contributed by atoms with Crippen LogP contribution in [0, 0.1) is 17.8 Å². The van der Waals surface area contributed by atoms with Gasteiger partial charge in [0.1, 0.15) is 18.0 Å². The molecule has 1 N–H and O–H groups in total. The topological polar surface area (TPSA) is 103 Å². The summed E-state index contributed by atoms with van der Waals surface area (Å²) in [7, 11) is 4.67. The summed E-state index contributed by atoms with van der Waals surface area (Å²) in [5.41, 5.74) is 4.49. The van der Waals surface area contributed by atoms with E-state index >= 15 is 0 Å². The summed E-state index contributed by atoms with van der Waals surface area (Å²) in [5.74, 6) is -0.291. The van der Waals surface area contributed by atoms with Crippen LogP contribution < -0.4 is 4.74 Å². The van der Waals surface area contributed by atoms with E-state index < -0.39 is 24.1 Å². The van der Waals surface area contributed by atoms with E-state index in [4.69, 9.17) is 18.9 Å². The van der Waals surface area contributed by atoms with Crippen molar-refractivity contribution in [2.24, 2.45) is 17.8 Å². The van der Waals surface area contributed by atoms with Gasteiger partial charge in [-0.05, 0) is 72.6 Å². The first-order valence-corrected chi connectivity index (χ1v) is 13.8. The van der Waals surface area contributed by atoms with Crippen LogP contribution in [-0.4, -0.2) is 73.4 Å². The lowest BCUT2D eigenvalue weighted by Crippen LogP contribution is -2.58. The van der Waals surface area contributed by atoms with Gasteiger partial charge >= 0.3 is 11.9 Å². The number of esters is 2. The molecule has 0 spiro atoms. The summed E-state index contributed by atoms with van der Waals surface area (Å²) in [5, 5.41) is 1.23. The number of H-pyrrole nitrogens is 1. The zero-order valence-corrected chi connectivity index (χ0v) is 23.0. The standard InChI is InChI=1S/C31H35N3O6/c1-37-20-5-6-21-22-10-13-34-17-19-14-26(40-27(35)7-4-18-8-11-32-12-9-18)30(38-2)28(31(36)39-3)23(19)16-25(34)29(22)33-24(21)15-20/h4-9,11-12,15,19,23,25-26,28,30,33H,10,13-14,16-17H2,1-3H3/t19-,23+,25-,26-,28+,30+/m1/s1. The van der Waals surface area contributed by atoms with Crippen molar-refractivity contribution in [1.82, 2.24) is 14.9 Å². The van der Waals surface area contributed by atoms with Crippen molar-refractivity contribution in [3.8, 4) is 5.75 Å². The van der Waals surface area contributed by atoms with Gasteiger partial charge in [-0.1, -0.05) is 0 Å². The van der Waals surface area contributed by atoms with E-state index in [9.17, 15) is 9.59 Å². The lowest BCUT2D eigenvalue weighted by atomic mass is 9.63. The molecular formula is C31H35N3O6. The third-order valence-corrected chi connectivity index (χ3v) is 8.99. The Morgan fingerprint density at radius 3 is 2.67 bits per heavy atom. The van der Waals surface area contributed by atoms with Gasteiger partial charge < -0.3 is 23.9 Å². The monoisotopic (exact) mass is 545 g/mol. The van der Waals surface area contributed by atoms with E-state index in [2.05, 4.69) is 20.9 Å². The Balaban J connectivity index is 1.26. The average molecular weight is 546 g/mol. The number of ether oxygens (including phenoxy) is 4. The number of hydrogen-bond donors (Lipinski definition) is 1.